The van der Waals surface area contributed by atoms with E-state index in [9.17, 15) is 4.79 Å². The Morgan fingerprint density at radius 2 is 2.38 bits per heavy atom. The fourth-order valence-corrected chi connectivity index (χ4v) is 2.75. The van der Waals surface area contributed by atoms with E-state index in [-0.39, 0.29) is 0 Å². The van der Waals surface area contributed by atoms with Crippen LogP contribution in [0, 0.1) is 5.92 Å². The van der Waals surface area contributed by atoms with E-state index in [0.29, 0.717) is 21.7 Å². The second kappa shape index (κ2) is 3.00. The predicted molar refractivity (Wildman–Crippen MR) is 52.8 cm³/mol. The first-order valence-corrected chi connectivity index (χ1v) is 5.37. The zero-order chi connectivity index (χ0) is 9.59. The topological polar surface area (TPSA) is 37.3 Å². The van der Waals surface area contributed by atoms with E-state index in [4.69, 9.17) is 16.7 Å². The van der Waals surface area contributed by atoms with Crippen molar-refractivity contribution in [2.24, 2.45) is 5.92 Å². The van der Waals surface area contributed by atoms with Gasteiger partial charge in [-0.15, -0.1) is 11.3 Å². The van der Waals surface area contributed by atoms with Crippen LogP contribution < -0.4 is 0 Å². The zero-order valence-corrected chi connectivity index (χ0v) is 8.65. The van der Waals surface area contributed by atoms with Crippen molar-refractivity contribution in [3.8, 4) is 0 Å². The molecule has 2 unspecified atom stereocenters. The van der Waals surface area contributed by atoms with Gasteiger partial charge in [0.05, 0.1) is 5.56 Å². The second-order valence-electron chi connectivity index (χ2n) is 3.46. The number of hydrogen-bond acceptors (Lipinski definition) is 2. The minimum Gasteiger partial charge on any atom is -0.478 e. The van der Waals surface area contributed by atoms with Gasteiger partial charge in [0.15, 0.2) is 0 Å². The molecule has 1 fully saturated rings. The van der Waals surface area contributed by atoms with Gasteiger partial charge in [0.2, 0.25) is 0 Å². The lowest BCUT2D eigenvalue weighted by Crippen LogP contribution is -1.98. The van der Waals surface area contributed by atoms with Gasteiger partial charge in [-0.05, 0) is 29.2 Å². The number of aromatic carboxylic acids is 1. The molecule has 1 heterocycles. The van der Waals surface area contributed by atoms with Crippen LogP contribution in [0.1, 0.15) is 35.2 Å². The average molecular weight is 217 g/mol. The van der Waals surface area contributed by atoms with Crippen LogP contribution in [-0.2, 0) is 0 Å². The van der Waals surface area contributed by atoms with E-state index >= 15 is 0 Å². The molecule has 0 spiro atoms. The van der Waals surface area contributed by atoms with Gasteiger partial charge in [-0.1, -0.05) is 18.5 Å². The molecule has 2 atom stereocenters. The van der Waals surface area contributed by atoms with Crippen LogP contribution >= 0.6 is 22.9 Å². The summed E-state index contributed by atoms with van der Waals surface area (Å²) >= 11 is 7.11. The third kappa shape index (κ3) is 1.46. The summed E-state index contributed by atoms with van der Waals surface area (Å²) in [7, 11) is 0. The highest BCUT2D eigenvalue weighted by Gasteiger charge is 2.38. The van der Waals surface area contributed by atoms with Crippen molar-refractivity contribution in [1.82, 2.24) is 0 Å². The lowest BCUT2D eigenvalue weighted by Gasteiger charge is -1.97. The first-order chi connectivity index (χ1) is 6.11. The molecule has 70 valence electrons. The summed E-state index contributed by atoms with van der Waals surface area (Å²) in [5, 5.41) is 10.8. The molecule has 1 saturated carbocycles. The Morgan fingerprint density at radius 1 is 1.77 bits per heavy atom. The van der Waals surface area contributed by atoms with Crippen molar-refractivity contribution in [2.45, 2.75) is 19.3 Å². The molecule has 0 saturated heterocycles. The van der Waals surface area contributed by atoms with Gasteiger partial charge < -0.3 is 5.11 Å². The van der Waals surface area contributed by atoms with Crippen LogP contribution in [0.5, 0.6) is 0 Å². The van der Waals surface area contributed by atoms with Crippen LogP contribution in [0.4, 0.5) is 0 Å². The molecular formula is C9H9ClO2S. The lowest BCUT2D eigenvalue weighted by atomic mass is 10.1. The van der Waals surface area contributed by atoms with Gasteiger partial charge in [0.1, 0.15) is 4.34 Å². The molecule has 1 aromatic heterocycles. The molecular weight excluding hydrogens is 208 g/mol. The summed E-state index contributed by atoms with van der Waals surface area (Å²) in [5.74, 6) is 0.138. The van der Waals surface area contributed by atoms with Crippen molar-refractivity contribution in [1.29, 1.82) is 0 Å². The summed E-state index contributed by atoms with van der Waals surface area (Å²) in [6, 6.07) is 0. The van der Waals surface area contributed by atoms with E-state index in [1.807, 2.05) is 5.38 Å². The van der Waals surface area contributed by atoms with Gasteiger partial charge in [-0.25, -0.2) is 4.79 Å². The highest BCUT2D eigenvalue weighted by Crippen LogP contribution is 2.50. The number of thiophene rings is 1. The van der Waals surface area contributed by atoms with Gasteiger partial charge in [-0.2, -0.15) is 0 Å². The van der Waals surface area contributed by atoms with Crippen molar-refractivity contribution in [3.63, 3.8) is 0 Å². The first kappa shape index (κ1) is 9.03. The van der Waals surface area contributed by atoms with E-state index in [2.05, 4.69) is 6.92 Å². The average Bonchev–Trinajstić information content (AvgIpc) is 2.60. The Morgan fingerprint density at radius 3 is 2.85 bits per heavy atom. The molecule has 2 rings (SSSR count). The highest BCUT2D eigenvalue weighted by atomic mass is 35.5. The standard InChI is InChI=1S/C9H9ClO2S/c1-4-2-5(4)6-3-13-8(10)7(6)9(11)12/h3-5H,2H2,1H3,(H,11,12). The van der Waals surface area contributed by atoms with E-state index < -0.39 is 5.97 Å². The minimum absolute atomic E-state index is 0.320. The highest BCUT2D eigenvalue weighted by molar-refractivity contribution is 7.15. The SMILES string of the molecule is CC1CC1c1csc(Cl)c1C(=O)O. The number of rotatable bonds is 2. The second-order valence-corrected chi connectivity index (χ2v) is 4.95. The van der Waals surface area contributed by atoms with Gasteiger partial charge >= 0.3 is 5.97 Å². The maximum Gasteiger partial charge on any atom is 0.338 e. The molecule has 4 heteroatoms. The molecule has 1 aliphatic carbocycles. The molecule has 0 radical (unpaired) electrons. The van der Waals surface area contributed by atoms with E-state index in [0.717, 1.165) is 12.0 Å². The van der Waals surface area contributed by atoms with Crippen molar-refractivity contribution < 1.29 is 9.90 Å². The Labute approximate surface area is 85.1 Å². The molecule has 0 aliphatic heterocycles. The van der Waals surface area contributed by atoms with Crippen molar-refractivity contribution >= 4 is 28.9 Å². The molecule has 1 aliphatic rings. The Balaban J connectivity index is 2.40. The molecule has 0 bridgehead atoms. The molecule has 1 N–H and O–H groups in total. The number of carboxylic acid groups (broad SMARTS) is 1. The summed E-state index contributed by atoms with van der Waals surface area (Å²) in [5.41, 5.74) is 1.25. The monoisotopic (exact) mass is 216 g/mol. The molecule has 1 aromatic rings. The number of halogens is 1. The number of carboxylic acids is 1. The van der Waals surface area contributed by atoms with Crippen LogP contribution in [0.25, 0.3) is 0 Å². The fraction of sp³-hybridized carbons (Fsp3) is 0.444. The maximum absolute atomic E-state index is 10.9. The van der Waals surface area contributed by atoms with Gasteiger partial charge in [0, 0.05) is 0 Å². The Kier molecular flexibility index (Phi) is 2.08. The van der Waals surface area contributed by atoms with Crippen LogP contribution in [0.2, 0.25) is 4.34 Å². The smallest absolute Gasteiger partial charge is 0.338 e. The maximum atomic E-state index is 10.9. The van der Waals surface area contributed by atoms with Crippen molar-refractivity contribution in [2.75, 3.05) is 0 Å². The molecule has 0 amide bonds. The van der Waals surface area contributed by atoms with Gasteiger partial charge in [-0.3, -0.25) is 0 Å². The van der Waals surface area contributed by atoms with Gasteiger partial charge in [0.25, 0.3) is 0 Å². The van der Waals surface area contributed by atoms with Crippen LogP contribution in [-0.4, -0.2) is 11.1 Å². The van der Waals surface area contributed by atoms with E-state index in [1.54, 1.807) is 0 Å². The largest absolute Gasteiger partial charge is 0.478 e. The summed E-state index contributed by atoms with van der Waals surface area (Å²) in [6.45, 7) is 2.13. The summed E-state index contributed by atoms with van der Waals surface area (Å²) < 4.78 is 0.404. The minimum atomic E-state index is -0.902. The number of hydrogen-bond donors (Lipinski definition) is 1. The first-order valence-electron chi connectivity index (χ1n) is 4.11. The number of carbonyl (C=O) groups is 1. The lowest BCUT2D eigenvalue weighted by molar-refractivity contribution is 0.0696. The summed E-state index contributed by atoms with van der Waals surface area (Å²) in [6.07, 6.45) is 1.09. The van der Waals surface area contributed by atoms with Crippen LogP contribution in [0.15, 0.2) is 5.38 Å². The third-order valence-corrected chi connectivity index (χ3v) is 3.74. The Hall–Kier alpha value is -0.540. The zero-order valence-electron chi connectivity index (χ0n) is 7.08. The normalized spacial score (nSPS) is 26.0. The molecule has 2 nitrogen and oxygen atoms in total. The quantitative estimate of drug-likeness (QED) is 0.824. The van der Waals surface area contributed by atoms with Crippen molar-refractivity contribution in [3.05, 3.63) is 20.8 Å². The fourth-order valence-electron chi connectivity index (χ4n) is 1.58. The molecule has 0 aromatic carbocycles. The molecule has 13 heavy (non-hydrogen) atoms. The summed E-state index contributed by atoms with van der Waals surface area (Å²) in [4.78, 5) is 10.9. The third-order valence-electron chi connectivity index (χ3n) is 2.50. The predicted octanol–water partition coefficient (Wildman–Crippen LogP) is 3.22. The van der Waals surface area contributed by atoms with E-state index in [1.165, 1.54) is 11.3 Å². The van der Waals surface area contributed by atoms with Crippen LogP contribution in [0.3, 0.4) is 0 Å². The Bertz CT molecular complexity index is 358.